The normalized spacial score (nSPS) is 16.0. The maximum Gasteiger partial charge on any atom is 0.240 e. The average Bonchev–Trinajstić information content (AvgIpc) is 3.45. The number of hydrogen-bond acceptors (Lipinski definition) is 5. The molecule has 0 aliphatic carbocycles. The highest BCUT2D eigenvalue weighted by Gasteiger charge is 2.25. The summed E-state index contributed by atoms with van der Waals surface area (Å²) < 4.78 is 33.0. The molecule has 31 heavy (non-hydrogen) atoms. The lowest BCUT2D eigenvalue weighted by Gasteiger charge is -2.26. The number of guanidine groups is 1. The van der Waals surface area contributed by atoms with E-state index in [1.807, 2.05) is 19.1 Å². The van der Waals surface area contributed by atoms with Crippen LogP contribution in [-0.4, -0.2) is 59.0 Å². The van der Waals surface area contributed by atoms with Crippen molar-refractivity contribution in [3.05, 3.63) is 54.0 Å². The Morgan fingerprint density at radius 3 is 2.45 bits per heavy atom. The first-order valence-corrected chi connectivity index (χ1v) is 11.8. The lowest BCUT2D eigenvalue weighted by molar-refractivity contribution is 0.215. The molecule has 3 N–H and O–H groups in total. The molecule has 1 atom stereocenters. The van der Waals surface area contributed by atoms with E-state index in [0.29, 0.717) is 19.0 Å². The number of halogens is 1. The standard InChI is InChI=1S/C21H31N5O3S.HI/c1-17-7-9-18(10-8-17)30(27,28)25-12-11-23-21(22-2)24-16-19(20-6-5-15-29-20)26-13-3-4-14-26;/h5-10,15,19,25H,3-4,11-14,16H2,1-2H3,(H2,22,23,24);1H. The van der Waals surface area contributed by atoms with Crippen LogP contribution in [0.15, 0.2) is 57.0 Å². The van der Waals surface area contributed by atoms with Crippen LogP contribution in [0.25, 0.3) is 0 Å². The van der Waals surface area contributed by atoms with Gasteiger partial charge in [-0.3, -0.25) is 9.89 Å². The minimum Gasteiger partial charge on any atom is -0.468 e. The molecule has 1 aromatic carbocycles. The van der Waals surface area contributed by atoms with Gasteiger partial charge in [-0.15, -0.1) is 24.0 Å². The van der Waals surface area contributed by atoms with Crippen molar-refractivity contribution in [2.45, 2.75) is 30.7 Å². The van der Waals surface area contributed by atoms with Crippen LogP contribution in [0.5, 0.6) is 0 Å². The van der Waals surface area contributed by atoms with Crippen LogP contribution < -0.4 is 15.4 Å². The number of nitrogens with one attached hydrogen (secondary N) is 3. The predicted molar refractivity (Wildman–Crippen MR) is 133 cm³/mol. The van der Waals surface area contributed by atoms with Gasteiger partial charge in [0.2, 0.25) is 10.0 Å². The molecule has 10 heteroatoms. The van der Waals surface area contributed by atoms with Crippen molar-refractivity contribution in [2.24, 2.45) is 4.99 Å². The van der Waals surface area contributed by atoms with Crippen LogP contribution >= 0.6 is 24.0 Å². The van der Waals surface area contributed by atoms with E-state index in [-0.39, 0.29) is 41.5 Å². The fourth-order valence-corrected chi connectivity index (χ4v) is 4.56. The number of likely N-dealkylation sites (tertiary alicyclic amines) is 1. The van der Waals surface area contributed by atoms with Crippen LogP contribution in [0.2, 0.25) is 0 Å². The average molecular weight is 561 g/mol. The summed E-state index contributed by atoms with van der Waals surface area (Å²) in [6, 6.07) is 10.8. The second kappa shape index (κ2) is 12.4. The third-order valence-corrected chi connectivity index (χ3v) is 6.66. The van der Waals surface area contributed by atoms with Gasteiger partial charge in [0.25, 0.3) is 0 Å². The van der Waals surface area contributed by atoms with Gasteiger partial charge in [0.15, 0.2) is 5.96 Å². The fourth-order valence-electron chi connectivity index (χ4n) is 3.52. The summed E-state index contributed by atoms with van der Waals surface area (Å²) in [5, 5.41) is 6.49. The molecule has 1 unspecified atom stereocenters. The lowest BCUT2D eigenvalue weighted by atomic mass is 10.2. The molecule has 3 rings (SSSR count). The molecule has 1 fully saturated rings. The Bertz CT molecular complexity index is 911. The van der Waals surface area contributed by atoms with Crippen LogP contribution in [0.3, 0.4) is 0 Å². The molecule has 0 saturated carbocycles. The zero-order valence-corrected chi connectivity index (χ0v) is 21.2. The number of benzene rings is 1. The highest BCUT2D eigenvalue weighted by molar-refractivity contribution is 14.0. The van der Waals surface area contributed by atoms with Gasteiger partial charge in [-0.25, -0.2) is 13.1 Å². The summed E-state index contributed by atoms with van der Waals surface area (Å²) in [6.07, 6.45) is 4.10. The van der Waals surface area contributed by atoms with Gasteiger partial charge in [0.1, 0.15) is 5.76 Å². The Hall–Kier alpha value is -1.63. The first-order chi connectivity index (χ1) is 14.5. The van der Waals surface area contributed by atoms with Crippen LogP contribution in [-0.2, 0) is 10.0 Å². The quantitative estimate of drug-likeness (QED) is 0.188. The van der Waals surface area contributed by atoms with Gasteiger partial charge in [-0.05, 0) is 57.1 Å². The lowest BCUT2D eigenvalue weighted by Crippen LogP contribution is -2.44. The summed E-state index contributed by atoms with van der Waals surface area (Å²) in [4.78, 5) is 6.92. The molecule has 0 radical (unpaired) electrons. The maximum absolute atomic E-state index is 12.4. The highest BCUT2D eigenvalue weighted by atomic mass is 127. The van der Waals surface area contributed by atoms with E-state index < -0.39 is 10.0 Å². The number of nitrogens with zero attached hydrogens (tertiary/aromatic N) is 2. The number of sulfonamides is 1. The molecule has 1 saturated heterocycles. The zero-order valence-electron chi connectivity index (χ0n) is 18.0. The monoisotopic (exact) mass is 561 g/mol. The van der Waals surface area contributed by atoms with Crippen molar-refractivity contribution in [1.82, 2.24) is 20.3 Å². The van der Waals surface area contributed by atoms with Gasteiger partial charge in [-0.1, -0.05) is 17.7 Å². The number of furan rings is 1. The molecule has 2 heterocycles. The molecule has 0 spiro atoms. The minimum atomic E-state index is -3.52. The Labute approximate surface area is 202 Å². The maximum atomic E-state index is 12.4. The second-order valence-electron chi connectivity index (χ2n) is 7.37. The van der Waals surface area contributed by atoms with Crippen molar-refractivity contribution in [3.8, 4) is 0 Å². The van der Waals surface area contributed by atoms with Crippen molar-refractivity contribution >= 4 is 40.0 Å². The second-order valence-corrected chi connectivity index (χ2v) is 9.13. The summed E-state index contributed by atoms with van der Waals surface area (Å²) in [6.45, 7) is 5.36. The SMILES string of the molecule is CN=C(NCCNS(=O)(=O)c1ccc(C)cc1)NCC(c1ccco1)N1CCCC1.I. The smallest absolute Gasteiger partial charge is 0.240 e. The van der Waals surface area contributed by atoms with Crippen molar-refractivity contribution < 1.29 is 12.8 Å². The number of hydrogen-bond donors (Lipinski definition) is 3. The molecule has 1 aliphatic heterocycles. The van der Waals surface area contributed by atoms with Crippen molar-refractivity contribution in [1.29, 1.82) is 0 Å². The largest absolute Gasteiger partial charge is 0.468 e. The summed E-state index contributed by atoms with van der Waals surface area (Å²) in [5.74, 6) is 1.56. The fraction of sp³-hybridized carbons (Fsp3) is 0.476. The number of rotatable bonds is 9. The first kappa shape index (κ1) is 25.6. The van der Waals surface area contributed by atoms with E-state index in [2.05, 4.69) is 25.2 Å². The molecule has 8 nitrogen and oxygen atoms in total. The molecular weight excluding hydrogens is 529 g/mol. The Balaban J connectivity index is 0.00000341. The Kier molecular flexibility index (Phi) is 10.3. The predicted octanol–water partition coefficient (Wildman–Crippen LogP) is 2.49. The molecule has 2 aromatic rings. The molecule has 0 bridgehead atoms. The Morgan fingerprint density at radius 1 is 1.13 bits per heavy atom. The van der Waals surface area contributed by atoms with Crippen LogP contribution in [0.1, 0.15) is 30.2 Å². The van der Waals surface area contributed by atoms with Gasteiger partial charge in [0.05, 0.1) is 17.2 Å². The molecule has 172 valence electrons. The summed E-state index contributed by atoms with van der Waals surface area (Å²) in [5.41, 5.74) is 1.02. The van der Waals surface area contributed by atoms with Crippen LogP contribution in [0, 0.1) is 6.92 Å². The van der Waals surface area contributed by atoms with Gasteiger partial charge in [0, 0.05) is 26.7 Å². The third-order valence-electron chi connectivity index (χ3n) is 5.18. The molecule has 0 amide bonds. The molecule has 1 aliphatic rings. The third kappa shape index (κ3) is 7.48. The first-order valence-electron chi connectivity index (χ1n) is 10.3. The van der Waals surface area contributed by atoms with E-state index in [1.165, 1.54) is 12.8 Å². The van der Waals surface area contributed by atoms with E-state index in [4.69, 9.17) is 4.42 Å². The van der Waals surface area contributed by atoms with Crippen molar-refractivity contribution in [3.63, 3.8) is 0 Å². The topological polar surface area (TPSA) is 99.0 Å². The highest BCUT2D eigenvalue weighted by Crippen LogP contribution is 2.24. The minimum absolute atomic E-state index is 0. The Morgan fingerprint density at radius 2 is 1.84 bits per heavy atom. The van der Waals surface area contributed by atoms with E-state index in [9.17, 15) is 8.42 Å². The number of aryl methyl sites for hydroxylation is 1. The summed E-state index contributed by atoms with van der Waals surface area (Å²) in [7, 11) is -1.82. The van der Waals surface area contributed by atoms with Gasteiger partial charge in [-0.2, -0.15) is 0 Å². The van der Waals surface area contributed by atoms with Gasteiger partial charge >= 0.3 is 0 Å². The van der Waals surface area contributed by atoms with Gasteiger partial charge < -0.3 is 15.1 Å². The van der Waals surface area contributed by atoms with E-state index >= 15 is 0 Å². The van der Waals surface area contributed by atoms with Crippen molar-refractivity contribution in [2.75, 3.05) is 39.8 Å². The van der Waals surface area contributed by atoms with E-state index in [0.717, 1.165) is 24.4 Å². The summed E-state index contributed by atoms with van der Waals surface area (Å²) >= 11 is 0. The van der Waals surface area contributed by atoms with E-state index in [1.54, 1.807) is 37.6 Å². The molecular formula is C21H32IN5O3S. The molecule has 1 aromatic heterocycles. The zero-order chi connectivity index (χ0) is 21.4. The number of aliphatic imine (C=N–C) groups is 1. The van der Waals surface area contributed by atoms with Crippen LogP contribution in [0.4, 0.5) is 0 Å².